The summed E-state index contributed by atoms with van der Waals surface area (Å²) in [5.74, 6) is 2.57. The number of anilines is 1. The Bertz CT molecular complexity index is 803. The normalized spacial score (nSPS) is 22.9. The Morgan fingerprint density at radius 2 is 1.84 bits per heavy atom. The maximum atomic E-state index is 13.0. The van der Waals surface area contributed by atoms with Crippen molar-refractivity contribution < 1.29 is 9.59 Å². The number of fused-ring (bicyclic) bond motifs is 1. The second-order valence-corrected chi connectivity index (χ2v) is 9.35. The predicted molar refractivity (Wildman–Crippen MR) is 120 cm³/mol. The first-order valence-electron chi connectivity index (χ1n) is 11.8. The van der Waals surface area contributed by atoms with E-state index in [1.807, 2.05) is 16.8 Å². The van der Waals surface area contributed by atoms with Gasteiger partial charge in [0.05, 0.1) is 24.8 Å². The zero-order chi connectivity index (χ0) is 22.0. The van der Waals surface area contributed by atoms with E-state index in [1.165, 1.54) is 12.8 Å². The highest BCUT2D eigenvalue weighted by molar-refractivity contribution is 5.79. The summed E-state index contributed by atoms with van der Waals surface area (Å²) in [4.78, 5) is 41.0. The highest BCUT2D eigenvalue weighted by Gasteiger charge is 2.32. The lowest BCUT2D eigenvalue weighted by Gasteiger charge is -2.36. The van der Waals surface area contributed by atoms with E-state index in [2.05, 4.69) is 17.1 Å². The van der Waals surface area contributed by atoms with Gasteiger partial charge in [-0.1, -0.05) is 6.92 Å². The molecular weight excluding hydrogens is 392 g/mol. The minimum absolute atomic E-state index is 0.0511. The molecule has 3 aliphatic rings. The van der Waals surface area contributed by atoms with Crippen LogP contribution in [0.15, 0.2) is 0 Å². The van der Waals surface area contributed by atoms with Crippen molar-refractivity contribution in [1.82, 2.24) is 24.7 Å². The fourth-order valence-electron chi connectivity index (χ4n) is 5.09. The van der Waals surface area contributed by atoms with E-state index in [0.29, 0.717) is 19.6 Å². The van der Waals surface area contributed by atoms with Crippen molar-refractivity contribution in [2.75, 3.05) is 45.1 Å². The number of hydrogen-bond donors (Lipinski definition) is 1. The third-order valence-corrected chi connectivity index (χ3v) is 7.11. The molecule has 2 fully saturated rings. The minimum atomic E-state index is -0.0511. The maximum absolute atomic E-state index is 13.0. The second kappa shape index (κ2) is 9.51. The Balaban J connectivity index is 1.49. The number of nitrogens with one attached hydrogen (secondary N) is 1. The molecule has 1 aromatic heterocycles. The van der Waals surface area contributed by atoms with Crippen LogP contribution in [0.3, 0.4) is 0 Å². The number of carbonyl (C=O) groups excluding carboxylic acids is 2. The van der Waals surface area contributed by atoms with Crippen molar-refractivity contribution in [1.29, 1.82) is 0 Å². The van der Waals surface area contributed by atoms with Gasteiger partial charge in [-0.05, 0) is 51.1 Å². The predicted octanol–water partition coefficient (Wildman–Crippen LogP) is 2.21. The zero-order valence-corrected chi connectivity index (χ0v) is 19.2. The SMILES string of the molecule is CNc1nc([C@@H]2CCCCN2C(C)=O)nc2c1CN(C(=O)CN1CCC(C)CC1)CC2. The molecule has 31 heavy (non-hydrogen) atoms. The number of carbonyl (C=O) groups is 2. The molecule has 4 heterocycles. The molecule has 1 atom stereocenters. The number of amides is 2. The number of aromatic nitrogens is 2. The van der Waals surface area contributed by atoms with E-state index in [9.17, 15) is 9.59 Å². The number of piperidine rings is 2. The summed E-state index contributed by atoms with van der Waals surface area (Å²) in [5.41, 5.74) is 2.03. The summed E-state index contributed by atoms with van der Waals surface area (Å²) in [6, 6.07) is -0.0511. The largest absolute Gasteiger partial charge is 0.373 e. The Morgan fingerprint density at radius 1 is 1.06 bits per heavy atom. The number of rotatable bonds is 4. The fourth-order valence-corrected chi connectivity index (χ4v) is 5.09. The molecule has 0 spiro atoms. The van der Waals surface area contributed by atoms with Crippen molar-refractivity contribution in [3.8, 4) is 0 Å². The second-order valence-electron chi connectivity index (χ2n) is 9.35. The van der Waals surface area contributed by atoms with Gasteiger partial charge in [-0.2, -0.15) is 0 Å². The molecule has 170 valence electrons. The topological polar surface area (TPSA) is 81.7 Å². The molecule has 8 heteroatoms. The highest BCUT2D eigenvalue weighted by atomic mass is 16.2. The van der Waals surface area contributed by atoms with E-state index in [0.717, 1.165) is 74.1 Å². The monoisotopic (exact) mass is 428 g/mol. The van der Waals surface area contributed by atoms with Crippen LogP contribution >= 0.6 is 0 Å². The number of nitrogens with zero attached hydrogens (tertiary/aromatic N) is 5. The number of hydrogen-bond acceptors (Lipinski definition) is 6. The van der Waals surface area contributed by atoms with Crippen molar-refractivity contribution in [2.24, 2.45) is 5.92 Å². The molecule has 1 aromatic rings. The van der Waals surface area contributed by atoms with Crippen LogP contribution in [0.1, 0.15) is 69.1 Å². The molecular formula is C23H36N6O2. The van der Waals surface area contributed by atoms with Gasteiger partial charge in [0.15, 0.2) is 5.82 Å². The van der Waals surface area contributed by atoms with E-state index in [1.54, 1.807) is 6.92 Å². The van der Waals surface area contributed by atoms with Crippen molar-refractivity contribution in [3.63, 3.8) is 0 Å². The first-order chi connectivity index (χ1) is 15.0. The minimum Gasteiger partial charge on any atom is -0.373 e. The van der Waals surface area contributed by atoms with Crippen molar-refractivity contribution >= 4 is 17.6 Å². The first-order valence-corrected chi connectivity index (χ1v) is 11.8. The van der Waals surface area contributed by atoms with Gasteiger partial charge in [-0.3, -0.25) is 14.5 Å². The third kappa shape index (κ3) is 4.84. The lowest BCUT2D eigenvalue weighted by molar-refractivity contribution is -0.134. The molecule has 4 rings (SSSR count). The van der Waals surface area contributed by atoms with Crippen molar-refractivity contribution in [3.05, 3.63) is 17.1 Å². The summed E-state index contributed by atoms with van der Waals surface area (Å²) in [6.45, 7) is 8.46. The summed E-state index contributed by atoms with van der Waals surface area (Å²) in [7, 11) is 1.87. The van der Waals surface area contributed by atoms with Gasteiger partial charge in [-0.15, -0.1) is 0 Å². The average molecular weight is 429 g/mol. The zero-order valence-electron chi connectivity index (χ0n) is 19.2. The van der Waals surface area contributed by atoms with E-state index in [-0.39, 0.29) is 17.9 Å². The van der Waals surface area contributed by atoms with Crippen LogP contribution in [-0.4, -0.2) is 76.3 Å². The third-order valence-electron chi connectivity index (χ3n) is 7.11. The molecule has 2 saturated heterocycles. The average Bonchev–Trinajstić information content (AvgIpc) is 2.79. The van der Waals surface area contributed by atoms with Gasteiger partial charge < -0.3 is 15.1 Å². The molecule has 0 radical (unpaired) electrons. The van der Waals surface area contributed by atoms with Crippen LogP contribution in [-0.2, 0) is 22.6 Å². The Morgan fingerprint density at radius 3 is 2.55 bits per heavy atom. The van der Waals surface area contributed by atoms with Crippen LogP contribution in [0.4, 0.5) is 5.82 Å². The van der Waals surface area contributed by atoms with Crippen LogP contribution in [0, 0.1) is 5.92 Å². The molecule has 0 bridgehead atoms. The molecule has 0 saturated carbocycles. The Kier molecular flexibility index (Phi) is 6.74. The van der Waals surface area contributed by atoms with Crippen LogP contribution in [0.5, 0.6) is 0 Å². The van der Waals surface area contributed by atoms with Crippen LogP contribution in [0.2, 0.25) is 0 Å². The van der Waals surface area contributed by atoms with Gasteiger partial charge in [0, 0.05) is 39.0 Å². The summed E-state index contributed by atoms with van der Waals surface area (Å²) in [5, 5.41) is 3.22. The standard InChI is InChI=1S/C23H36N6O2/c1-16-7-11-27(12-8-16)15-21(31)28-13-9-19-18(14-28)22(24-3)26-23(25-19)20-6-4-5-10-29(20)17(2)30/h16,20H,4-15H2,1-3H3,(H,24,25,26)/t20-/m0/s1. The van der Waals surface area contributed by atoms with Crippen LogP contribution in [0.25, 0.3) is 0 Å². The summed E-state index contributed by atoms with van der Waals surface area (Å²) in [6.07, 6.45) is 6.11. The van der Waals surface area contributed by atoms with E-state index >= 15 is 0 Å². The molecule has 0 aliphatic carbocycles. The Hall–Kier alpha value is -2.22. The molecule has 0 unspecified atom stereocenters. The fraction of sp³-hybridized carbons (Fsp3) is 0.739. The lowest BCUT2D eigenvalue weighted by atomic mass is 9.99. The van der Waals surface area contributed by atoms with Gasteiger partial charge in [0.25, 0.3) is 0 Å². The molecule has 2 amide bonds. The Labute approximate surface area is 185 Å². The lowest BCUT2D eigenvalue weighted by Crippen LogP contribution is -2.45. The number of likely N-dealkylation sites (tertiary alicyclic amines) is 2. The van der Waals surface area contributed by atoms with Gasteiger partial charge in [0.1, 0.15) is 5.82 Å². The van der Waals surface area contributed by atoms with Crippen LogP contribution < -0.4 is 5.32 Å². The summed E-state index contributed by atoms with van der Waals surface area (Å²) >= 11 is 0. The van der Waals surface area contributed by atoms with Crippen molar-refractivity contribution in [2.45, 2.75) is 65.0 Å². The molecule has 3 aliphatic heterocycles. The maximum Gasteiger partial charge on any atom is 0.237 e. The smallest absolute Gasteiger partial charge is 0.237 e. The van der Waals surface area contributed by atoms with Gasteiger partial charge in [-0.25, -0.2) is 9.97 Å². The summed E-state index contributed by atoms with van der Waals surface area (Å²) < 4.78 is 0. The molecule has 1 N–H and O–H groups in total. The van der Waals surface area contributed by atoms with Gasteiger partial charge in [0.2, 0.25) is 11.8 Å². The highest BCUT2D eigenvalue weighted by Crippen LogP contribution is 2.32. The van der Waals surface area contributed by atoms with Gasteiger partial charge >= 0.3 is 0 Å². The quantitative estimate of drug-likeness (QED) is 0.792. The van der Waals surface area contributed by atoms with E-state index in [4.69, 9.17) is 9.97 Å². The first kappa shape index (κ1) is 22.0. The molecule has 8 nitrogen and oxygen atoms in total. The van der Waals surface area contributed by atoms with E-state index < -0.39 is 0 Å². The molecule has 0 aromatic carbocycles.